The second-order valence-electron chi connectivity index (χ2n) is 8.85. The van der Waals surface area contributed by atoms with Crippen molar-refractivity contribution >= 4 is 40.0 Å². The van der Waals surface area contributed by atoms with E-state index in [1.54, 1.807) is 26.4 Å². The molecule has 4 aromatic rings. The summed E-state index contributed by atoms with van der Waals surface area (Å²) in [5.41, 5.74) is 3.84. The van der Waals surface area contributed by atoms with Gasteiger partial charge in [-0.3, -0.25) is 9.56 Å². The number of aromatic nitrogens is 4. The van der Waals surface area contributed by atoms with Crippen LogP contribution in [0.25, 0.3) is 16.7 Å². The van der Waals surface area contributed by atoms with Crippen molar-refractivity contribution in [2.75, 3.05) is 43.6 Å². The SMILES string of the molecule is CN=c1c2cnc(Nc3ccc(N4CCOC(CO)C4)cc3)nc2n(C)c(=O)n1-c1c(C)cccc1Cl. The predicted molar refractivity (Wildman–Crippen MR) is 144 cm³/mol. The first-order valence-corrected chi connectivity index (χ1v) is 12.3. The van der Waals surface area contributed by atoms with E-state index in [2.05, 4.69) is 25.2 Å². The molecule has 0 amide bonds. The fraction of sp³-hybridized carbons (Fsp3) is 0.308. The number of rotatable bonds is 5. The van der Waals surface area contributed by atoms with Gasteiger partial charge < -0.3 is 20.1 Å². The highest BCUT2D eigenvalue weighted by molar-refractivity contribution is 6.32. The average Bonchev–Trinajstić information content (AvgIpc) is 2.92. The van der Waals surface area contributed by atoms with Crippen molar-refractivity contribution in [3.8, 4) is 5.69 Å². The van der Waals surface area contributed by atoms with Crippen LogP contribution in [0.4, 0.5) is 17.3 Å². The Bertz CT molecular complexity index is 1560. The molecule has 2 aromatic carbocycles. The highest BCUT2D eigenvalue weighted by Gasteiger charge is 2.20. The second-order valence-corrected chi connectivity index (χ2v) is 9.26. The molecule has 0 spiro atoms. The van der Waals surface area contributed by atoms with Crippen LogP contribution in [0, 0.1) is 6.92 Å². The molecule has 2 N–H and O–H groups in total. The van der Waals surface area contributed by atoms with Crippen molar-refractivity contribution in [1.29, 1.82) is 0 Å². The van der Waals surface area contributed by atoms with Gasteiger partial charge >= 0.3 is 5.69 Å². The molecule has 1 aliphatic heterocycles. The lowest BCUT2D eigenvalue weighted by Crippen LogP contribution is -2.44. The van der Waals surface area contributed by atoms with Crippen LogP contribution in [0.3, 0.4) is 0 Å². The third-order valence-electron chi connectivity index (χ3n) is 6.47. The van der Waals surface area contributed by atoms with Crippen LogP contribution in [0.1, 0.15) is 5.56 Å². The lowest BCUT2D eigenvalue weighted by molar-refractivity contribution is 0.00357. The van der Waals surface area contributed by atoms with Gasteiger partial charge in [-0.05, 0) is 42.8 Å². The van der Waals surface area contributed by atoms with E-state index in [0.29, 0.717) is 46.3 Å². The summed E-state index contributed by atoms with van der Waals surface area (Å²) in [6, 6.07) is 13.4. The molecule has 3 heterocycles. The molecule has 1 aliphatic rings. The van der Waals surface area contributed by atoms with Crippen LogP contribution in [0.2, 0.25) is 5.02 Å². The van der Waals surface area contributed by atoms with Gasteiger partial charge in [0.2, 0.25) is 5.95 Å². The van der Waals surface area contributed by atoms with Gasteiger partial charge in [-0.1, -0.05) is 23.7 Å². The Morgan fingerprint density at radius 2 is 2.03 bits per heavy atom. The quantitative estimate of drug-likeness (QED) is 0.415. The third kappa shape index (κ3) is 4.71. The van der Waals surface area contributed by atoms with Gasteiger partial charge in [0.05, 0.1) is 35.4 Å². The number of aryl methyl sites for hydroxylation is 2. The van der Waals surface area contributed by atoms with Gasteiger partial charge in [-0.15, -0.1) is 0 Å². The topological polar surface area (TPSA) is 110 Å². The van der Waals surface area contributed by atoms with Crippen LogP contribution in [0.5, 0.6) is 0 Å². The third-order valence-corrected chi connectivity index (χ3v) is 6.78. The van der Waals surface area contributed by atoms with Crippen molar-refractivity contribution in [1.82, 2.24) is 19.1 Å². The maximum absolute atomic E-state index is 13.5. The van der Waals surface area contributed by atoms with Gasteiger partial charge in [0.1, 0.15) is 5.49 Å². The summed E-state index contributed by atoms with van der Waals surface area (Å²) >= 11 is 6.49. The first kappa shape index (κ1) is 24.9. The second kappa shape index (κ2) is 10.3. The van der Waals surface area contributed by atoms with E-state index in [9.17, 15) is 9.90 Å². The van der Waals surface area contributed by atoms with E-state index in [4.69, 9.17) is 16.3 Å². The van der Waals surface area contributed by atoms with Crippen LogP contribution >= 0.6 is 11.6 Å². The van der Waals surface area contributed by atoms with Gasteiger partial charge in [0.25, 0.3) is 0 Å². The normalized spacial score (nSPS) is 16.4. The Morgan fingerprint density at radius 1 is 1.24 bits per heavy atom. The number of benzene rings is 2. The molecular formula is C26H28ClN7O3. The maximum atomic E-state index is 13.5. The van der Waals surface area contributed by atoms with E-state index < -0.39 is 0 Å². The lowest BCUT2D eigenvalue weighted by Gasteiger charge is -2.33. The zero-order valence-electron chi connectivity index (χ0n) is 20.8. The number of nitrogens with one attached hydrogen (secondary N) is 1. The summed E-state index contributed by atoms with van der Waals surface area (Å²) in [4.78, 5) is 29.2. The van der Waals surface area contributed by atoms with Crippen molar-refractivity contribution < 1.29 is 9.84 Å². The smallest absolute Gasteiger partial charge is 0.335 e. The Hall–Kier alpha value is -3.73. The van der Waals surface area contributed by atoms with Gasteiger partial charge in [0.15, 0.2) is 5.65 Å². The van der Waals surface area contributed by atoms with E-state index in [0.717, 1.165) is 23.5 Å². The van der Waals surface area contributed by atoms with Crippen LogP contribution in [-0.4, -0.2) is 63.7 Å². The van der Waals surface area contributed by atoms with Crippen LogP contribution < -0.4 is 21.4 Å². The van der Waals surface area contributed by atoms with Gasteiger partial charge in [-0.25, -0.2) is 14.3 Å². The predicted octanol–water partition coefficient (Wildman–Crippen LogP) is 2.55. The molecule has 11 heteroatoms. The molecule has 5 rings (SSSR count). The number of aliphatic hydroxyl groups excluding tert-OH is 1. The molecule has 1 unspecified atom stereocenters. The van der Waals surface area contributed by atoms with E-state index in [1.807, 2.05) is 43.3 Å². The molecule has 37 heavy (non-hydrogen) atoms. The van der Waals surface area contributed by atoms with Crippen molar-refractivity contribution in [2.24, 2.45) is 12.0 Å². The molecule has 0 saturated carbocycles. The molecular weight excluding hydrogens is 494 g/mol. The number of ether oxygens (including phenoxy) is 1. The Balaban J connectivity index is 1.49. The number of halogens is 1. The zero-order valence-corrected chi connectivity index (χ0v) is 21.6. The van der Waals surface area contributed by atoms with E-state index >= 15 is 0 Å². The Labute approximate surface area is 218 Å². The van der Waals surface area contributed by atoms with Gasteiger partial charge in [-0.2, -0.15) is 4.98 Å². The van der Waals surface area contributed by atoms with Crippen LogP contribution in [0.15, 0.2) is 58.4 Å². The Kier molecular flexibility index (Phi) is 6.96. The highest BCUT2D eigenvalue weighted by Crippen LogP contribution is 2.24. The fourth-order valence-corrected chi connectivity index (χ4v) is 4.88. The molecule has 192 valence electrons. The first-order valence-electron chi connectivity index (χ1n) is 11.9. The average molecular weight is 522 g/mol. The van der Waals surface area contributed by atoms with Gasteiger partial charge in [0, 0.05) is 44.8 Å². The Morgan fingerprint density at radius 3 is 2.73 bits per heavy atom. The van der Waals surface area contributed by atoms with E-state index in [-0.39, 0.29) is 18.4 Å². The summed E-state index contributed by atoms with van der Waals surface area (Å²) in [5.74, 6) is 0.357. The minimum atomic E-state index is -0.315. The molecule has 1 saturated heterocycles. The molecule has 1 atom stereocenters. The monoisotopic (exact) mass is 521 g/mol. The van der Waals surface area contributed by atoms with Crippen molar-refractivity contribution in [3.05, 3.63) is 75.2 Å². The number of hydrogen-bond donors (Lipinski definition) is 2. The number of morpholine rings is 1. The summed E-state index contributed by atoms with van der Waals surface area (Å²) in [5, 5.41) is 13.7. The minimum absolute atomic E-state index is 0.00294. The standard InChI is InChI=1S/C26H28ClN7O3/c1-16-5-4-6-21(27)22(16)34-23(28-2)20-13-29-25(31-24(20)32(3)26(34)36)30-17-7-9-18(10-8-17)33-11-12-37-19(14-33)15-35/h4-10,13,19,35H,11-12,14-15H2,1-3H3,(H,29,30,31). The molecule has 2 aromatic heterocycles. The summed E-state index contributed by atoms with van der Waals surface area (Å²) in [7, 11) is 3.29. The summed E-state index contributed by atoms with van der Waals surface area (Å²) < 4.78 is 8.51. The number of nitrogens with zero attached hydrogens (tertiary/aromatic N) is 6. The van der Waals surface area contributed by atoms with E-state index in [1.165, 1.54) is 9.13 Å². The van der Waals surface area contributed by atoms with Crippen LogP contribution in [-0.2, 0) is 11.8 Å². The lowest BCUT2D eigenvalue weighted by atomic mass is 10.2. The van der Waals surface area contributed by atoms with Crippen molar-refractivity contribution in [3.63, 3.8) is 0 Å². The molecule has 0 radical (unpaired) electrons. The molecule has 1 fully saturated rings. The number of fused-ring (bicyclic) bond motifs is 1. The molecule has 0 aliphatic carbocycles. The maximum Gasteiger partial charge on any atom is 0.335 e. The summed E-state index contributed by atoms with van der Waals surface area (Å²) in [6.45, 7) is 3.89. The first-order chi connectivity index (χ1) is 17.9. The molecule has 0 bridgehead atoms. The zero-order chi connectivity index (χ0) is 26.1. The number of anilines is 3. The summed E-state index contributed by atoms with van der Waals surface area (Å²) in [6.07, 6.45) is 1.48. The fourth-order valence-electron chi connectivity index (χ4n) is 4.58. The van der Waals surface area contributed by atoms with Crippen molar-refractivity contribution in [2.45, 2.75) is 13.0 Å². The highest BCUT2D eigenvalue weighted by atomic mass is 35.5. The largest absolute Gasteiger partial charge is 0.394 e. The number of aliphatic hydroxyl groups is 1. The molecule has 10 nitrogen and oxygen atoms in total. The minimum Gasteiger partial charge on any atom is -0.394 e. The number of hydrogen-bond acceptors (Lipinski definition) is 8. The number of para-hydroxylation sites is 1.